The average Bonchev–Trinajstić information content (AvgIpc) is 2.76. The van der Waals surface area contributed by atoms with E-state index < -0.39 is 0 Å². The molecule has 1 aromatic heterocycles. The number of carbonyl (C=O) groups is 1. The zero-order valence-electron chi connectivity index (χ0n) is 9.98. The van der Waals surface area contributed by atoms with Crippen molar-refractivity contribution < 1.29 is 4.79 Å². The first-order valence-corrected chi connectivity index (χ1v) is 6.89. The molecule has 0 spiro atoms. The smallest absolute Gasteiger partial charge is 0.186 e. The van der Waals surface area contributed by atoms with Gasteiger partial charge in [-0.3, -0.25) is 9.69 Å². The predicted molar refractivity (Wildman–Crippen MR) is 68.1 cm³/mol. The lowest BCUT2D eigenvalue weighted by Crippen LogP contribution is -2.46. The minimum absolute atomic E-state index is 0.274. The highest BCUT2D eigenvalue weighted by Gasteiger charge is 2.26. The quantitative estimate of drug-likeness (QED) is 0.752. The van der Waals surface area contributed by atoms with Crippen molar-refractivity contribution in [2.24, 2.45) is 0 Å². The number of carbonyl (C=O) groups excluding carboxylic acids is 1. The number of hydrogen-bond donors (Lipinski definition) is 0. The summed E-state index contributed by atoms with van der Waals surface area (Å²) < 4.78 is 0. The Morgan fingerprint density at radius 1 is 1.44 bits per heavy atom. The van der Waals surface area contributed by atoms with Gasteiger partial charge >= 0.3 is 0 Å². The fraction of sp³-hybridized carbons (Fsp3) is 0.615. The number of ketones is 1. The number of nitrogens with zero attached hydrogens (tertiary/aromatic N) is 1. The third kappa shape index (κ3) is 2.53. The minimum Gasteiger partial charge on any atom is -0.292 e. The van der Waals surface area contributed by atoms with Crippen LogP contribution in [0.15, 0.2) is 17.5 Å². The third-order valence-electron chi connectivity index (χ3n) is 3.50. The molecule has 0 radical (unpaired) electrons. The Bertz CT molecular complexity index is 337. The Kier molecular flexibility index (Phi) is 3.77. The molecule has 1 fully saturated rings. The van der Waals surface area contributed by atoms with E-state index in [1.54, 1.807) is 11.3 Å². The molecule has 1 aliphatic rings. The number of thiophene rings is 1. The molecule has 2 unspecified atom stereocenters. The van der Waals surface area contributed by atoms with Crippen molar-refractivity contribution in [1.29, 1.82) is 0 Å². The summed E-state index contributed by atoms with van der Waals surface area (Å²) in [6, 6.07) is 4.97. The molecule has 2 rings (SSSR count). The van der Waals surface area contributed by atoms with Gasteiger partial charge < -0.3 is 0 Å². The lowest BCUT2D eigenvalue weighted by molar-refractivity contribution is 0.0738. The van der Waals surface area contributed by atoms with E-state index in [2.05, 4.69) is 18.7 Å². The van der Waals surface area contributed by atoms with E-state index in [0.29, 0.717) is 18.6 Å². The summed E-state index contributed by atoms with van der Waals surface area (Å²) in [5.41, 5.74) is 0. The van der Waals surface area contributed by atoms with Crippen LogP contribution in [0.4, 0.5) is 0 Å². The topological polar surface area (TPSA) is 20.3 Å². The fourth-order valence-electron chi connectivity index (χ4n) is 2.47. The summed E-state index contributed by atoms with van der Waals surface area (Å²) >= 11 is 1.55. The van der Waals surface area contributed by atoms with Crippen LogP contribution in [0, 0.1) is 0 Å². The van der Waals surface area contributed by atoms with Gasteiger partial charge in [-0.25, -0.2) is 0 Å². The second-order valence-corrected chi connectivity index (χ2v) is 5.65. The maximum atomic E-state index is 12.0. The molecular formula is C13H19NOS. The molecule has 1 aromatic rings. The number of Topliss-reactive ketones (excluding diaryl/α,β-unsaturated/α-hetero) is 1. The molecular weight excluding hydrogens is 218 g/mol. The van der Waals surface area contributed by atoms with E-state index in [9.17, 15) is 4.79 Å². The SMILES string of the molecule is CC1CCCC(C)N1CC(=O)c1cccs1. The molecule has 0 N–H and O–H groups in total. The summed E-state index contributed by atoms with van der Waals surface area (Å²) in [6.45, 7) is 5.05. The van der Waals surface area contributed by atoms with Crippen molar-refractivity contribution in [3.05, 3.63) is 22.4 Å². The van der Waals surface area contributed by atoms with Crippen molar-refractivity contribution in [1.82, 2.24) is 4.90 Å². The van der Waals surface area contributed by atoms with Crippen molar-refractivity contribution >= 4 is 17.1 Å². The van der Waals surface area contributed by atoms with Gasteiger partial charge in [0.05, 0.1) is 11.4 Å². The summed E-state index contributed by atoms with van der Waals surface area (Å²) in [5.74, 6) is 0.274. The third-order valence-corrected chi connectivity index (χ3v) is 4.41. The summed E-state index contributed by atoms with van der Waals surface area (Å²) in [7, 11) is 0. The summed E-state index contributed by atoms with van der Waals surface area (Å²) in [4.78, 5) is 15.3. The van der Waals surface area contributed by atoms with E-state index >= 15 is 0 Å². The molecule has 2 nitrogen and oxygen atoms in total. The minimum atomic E-state index is 0.274. The van der Waals surface area contributed by atoms with E-state index in [-0.39, 0.29) is 5.78 Å². The molecule has 0 bridgehead atoms. The van der Waals surface area contributed by atoms with Gasteiger partial charge in [-0.2, -0.15) is 0 Å². The molecule has 1 aliphatic heterocycles. The molecule has 16 heavy (non-hydrogen) atoms. The van der Waals surface area contributed by atoms with Crippen LogP contribution in [-0.2, 0) is 0 Å². The Balaban J connectivity index is 2.00. The number of hydrogen-bond acceptors (Lipinski definition) is 3. The van der Waals surface area contributed by atoms with Gasteiger partial charge in [-0.15, -0.1) is 11.3 Å². The maximum Gasteiger partial charge on any atom is 0.186 e. The zero-order valence-corrected chi connectivity index (χ0v) is 10.8. The normalized spacial score (nSPS) is 26.9. The highest BCUT2D eigenvalue weighted by molar-refractivity contribution is 7.12. The van der Waals surface area contributed by atoms with Gasteiger partial charge in [-0.1, -0.05) is 12.5 Å². The molecule has 0 aromatic carbocycles. The van der Waals surface area contributed by atoms with Crippen LogP contribution in [0.3, 0.4) is 0 Å². The van der Waals surface area contributed by atoms with Crippen molar-refractivity contribution in [3.63, 3.8) is 0 Å². The molecule has 0 amide bonds. The van der Waals surface area contributed by atoms with Crippen LogP contribution < -0.4 is 0 Å². The highest BCUT2D eigenvalue weighted by atomic mass is 32.1. The van der Waals surface area contributed by atoms with Gasteiger partial charge in [0.1, 0.15) is 0 Å². The van der Waals surface area contributed by atoms with Crippen LogP contribution in [-0.4, -0.2) is 29.3 Å². The van der Waals surface area contributed by atoms with Gasteiger partial charge in [0.25, 0.3) is 0 Å². The van der Waals surface area contributed by atoms with Crippen molar-refractivity contribution in [3.8, 4) is 0 Å². The van der Waals surface area contributed by atoms with E-state index in [0.717, 1.165) is 4.88 Å². The number of rotatable bonds is 3. The molecule has 0 aliphatic carbocycles. The predicted octanol–water partition coefficient (Wildman–Crippen LogP) is 3.19. The summed E-state index contributed by atoms with van der Waals surface area (Å²) in [5, 5.41) is 1.97. The van der Waals surface area contributed by atoms with E-state index in [4.69, 9.17) is 0 Å². The van der Waals surface area contributed by atoms with Crippen LogP contribution in [0.25, 0.3) is 0 Å². The highest BCUT2D eigenvalue weighted by Crippen LogP contribution is 2.23. The standard InChI is InChI=1S/C13H19NOS/c1-10-5-3-6-11(2)14(10)9-12(15)13-7-4-8-16-13/h4,7-8,10-11H,3,5-6,9H2,1-2H3. The Morgan fingerprint density at radius 2 is 2.12 bits per heavy atom. The first-order chi connectivity index (χ1) is 7.68. The maximum absolute atomic E-state index is 12.0. The van der Waals surface area contributed by atoms with Gasteiger partial charge in [0, 0.05) is 12.1 Å². The lowest BCUT2D eigenvalue weighted by atomic mass is 9.97. The lowest BCUT2D eigenvalue weighted by Gasteiger charge is -2.38. The van der Waals surface area contributed by atoms with Gasteiger partial charge in [0.2, 0.25) is 0 Å². The first-order valence-electron chi connectivity index (χ1n) is 6.01. The van der Waals surface area contributed by atoms with E-state index in [1.807, 2.05) is 17.5 Å². The Morgan fingerprint density at radius 3 is 2.69 bits per heavy atom. The van der Waals surface area contributed by atoms with Crippen LogP contribution in [0.1, 0.15) is 42.8 Å². The monoisotopic (exact) mass is 237 g/mol. The molecule has 0 saturated carbocycles. The first kappa shape index (κ1) is 11.8. The van der Waals surface area contributed by atoms with Crippen LogP contribution in [0.5, 0.6) is 0 Å². The zero-order chi connectivity index (χ0) is 11.5. The number of likely N-dealkylation sites (tertiary alicyclic amines) is 1. The van der Waals surface area contributed by atoms with Gasteiger partial charge in [-0.05, 0) is 38.1 Å². The second kappa shape index (κ2) is 5.11. The fourth-order valence-corrected chi connectivity index (χ4v) is 3.12. The molecule has 2 heterocycles. The molecule has 3 heteroatoms. The number of piperidine rings is 1. The molecule has 2 atom stereocenters. The Labute approximate surface area is 101 Å². The Hall–Kier alpha value is -0.670. The van der Waals surface area contributed by atoms with Gasteiger partial charge in [0.15, 0.2) is 5.78 Å². The summed E-state index contributed by atoms with van der Waals surface area (Å²) in [6.07, 6.45) is 3.75. The van der Waals surface area contributed by atoms with Crippen LogP contribution in [0.2, 0.25) is 0 Å². The van der Waals surface area contributed by atoms with Crippen molar-refractivity contribution in [2.45, 2.75) is 45.2 Å². The van der Waals surface area contributed by atoms with Crippen molar-refractivity contribution in [2.75, 3.05) is 6.54 Å². The van der Waals surface area contributed by atoms with Crippen LogP contribution >= 0.6 is 11.3 Å². The molecule has 88 valence electrons. The second-order valence-electron chi connectivity index (χ2n) is 4.70. The largest absolute Gasteiger partial charge is 0.292 e. The molecule has 1 saturated heterocycles. The van der Waals surface area contributed by atoms with E-state index in [1.165, 1.54) is 19.3 Å². The average molecular weight is 237 g/mol.